The van der Waals surface area contributed by atoms with Crippen LogP contribution < -0.4 is 5.32 Å². The molecular weight excluding hydrogens is 268 g/mol. The molecule has 1 fully saturated rings. The van der Waals surface area contributed by atoms with Gasteiger partial charge < -0.3 is 14.5 Å². The standard InChI is InChI=1S/C16H26N2O3/c1-3-10-18(13-5-8-17-9-6-13)12-15-14(7-11-21-15)16(19)20-4-2/h7,11,13,17H,3-6,8-10,12H2,1-2H3. The van der Waals surface area contributed by atoms with Gasteiger partial charge in [0.1, 0.15) is 11.3 Å². The zero-order chi connectivity index (χ0) is 15.1. The van der Waals surface area contributed by atoms with Gasteiger partial charge in [-0.05, 0) is 51.9 Å². The van der Waals surface area contributed by atoms with Gasteiger partial charge >= 0.3 is 5.97 Å². The van der Waals surface area contributed by atoms with Gasteiger partial charge in [0.25, 0.3) is 0 Å². The summed E-state index contributed by atoms with van der Waals surface area (Å²) in [6, 6.07) is 2.27. The summed E-state index contributed by atoms with van der Waals surface area (Å²) in [5.41, 5.74) is 0.562. The minimum Gasteiger partial charge on any atom is -0.467 e. The summed E-state index contributed by atoms with van der Waals surface area (Å²) in [5, 5.41) is 3.39. The molecule has 1 N–H and O–H groups in total. The highest BCUT2D eigenvalue weighted by Gasteiger charge is 2.24. The monoisotopic (exact) mass is 294 g/mol. The predicted octanol–water partition coefficient (Wildman–Crippen LogP) is 2.42. The molecular formula is C16H26N2O3. The minimum absolute atomic E-state index is 0.289. The smallest absolute Gasteiger partial charge is 0.341 e. The van der Waals surface area contributed by atoms with E-state index in [0.717, 1.165) is 44.7 Å². The van der Waals surface area contributed by atoms with Crippen LogP contribution in [0.1, 0.15) is 49.2 Å². The SMILES string of the molecule is CCCN(Cc1occc1C(=O)OCC)C1CCNCC1. The second kappa shape index (κ2) is 8.20. The molecule has 1 aliphatic heterocycles. The molecule has 21 heavy (non-hydrogen) atoms. The molecule has 1 aliphatic rings. The molecule has 0 aliphatic carbocycles. The molecule has 5 heteroatoms. The fourth-order valence-corrected chi connectivity index (χ4v) is 2.89. The molecule has 0 radical (unpaired) electrons. The third kappa shape index (κ3) is 4.32. The molecule has 0 spiro atoms. The Kier molecular flexibility index (Phi) is 6.26. The molecule has 1 aromatic rings. The number of hydrogen-bond donors (Lipinski definition) is 1. The van der Waals surface area contributed by atoms with E-state index in [9.17, 15) is 4.79 Å². The molecule has 2 heterocycles. The summed E-state index contributed by atoms with van der Waals surface area (Å²) < 4.78 is 10.6. The Bertz CT molecular complexity index is 438. The second-order valence-corrected chi connectivity index (χ2v) is 5.43. The number of rotatable bonds is 7. The number of carbonyl (C=O) groups excluding carboxylic acids is 1. The van der Waals surface area contributed by atoms with Crippen LogP contribution in [0.4, 0.5) is 0 Å². The van der Waals surface area contributed by atoms with Crippen LogP contribution >= 0.6 is 0 Å². The molecule has 0 atom stereocenters. The van der Waals surface area contributed by atoms with Gasteiger partial charge in [0.2, 0.25) is 0 Å². The van der Waals surface area contributed by atoms with Gasteiger partial charge in [-0.1, -0.05) is 6.92 Å². The highest BCUT2D eigenvalue weighted by Crippen LogP contribution is 2.20. The van der Waals surface area contributed by atoms with Crippen LogP contribution in [-0.2, 0) is 11.3 Å². The van der Waals surface area contributed by atoms with Crippen LogP contribution in [0.2, 0.25) is 0 Å². The minimum atomic E-state index is -0.289. The second-order valence-electron chi connectivity index (χ2n) is 5.43. The number of piperidine rings is 1. The molecule has 0 amide bonds. The lowest BCUT2D eigenvalue weighted by Crippen LogP contribution is -2.43. The van der Waals surface area contributed by atoms with Crippen LogP contribution in [0.3, 0.4) is 0 Å². The van der Waals surface area contributed by atoms with Crippen LogP contribution in [0, 0.1) is 0 Å². The average Bonchev–Trinajstić information content (AvgIpc) is 2.96. The number of esters is 1. The summed E-state index contributed by atoms with van der Waals surface area (Å²) in [7, 11) is 0. The van der Waals surface area contributed by atoms with E-state index in [2.05, 4.69) is 17.1 Å². The summed E-state index contributed by atoms with van der Waals surface area (Å²) >= 11 is 0. The summed E-state index contributed by atoms with van der Waals surface area (Å²) in [5.74, 6) is 0.434. The van der Waals surface area contributed by atoms with Crippen molar-refractivity contribution in [3.05, 3.63) is 23.7 Å². The molecule has 5 nitrogen and oxygen atoms in total. The lowest BCUT2D eigenvalue weighted by atomic mass is 10.0. The lowest BCUT2D eigenvalue weighted by Gasteiger charge is -2.34. The fraction of sp³-hybridized carbons (Fsp3) is 0.688. The topological polar surface area (TPSA) is 54.7 Å². The maximum absolute atomic E-state index is 11.9. The van der Waals surface area contributed by atoms with E-state index < -0.39 is 0 Å². The number of carbonyl (C=O) groups is 1. The molecule has 0 unspecified atom stereocenters. The summed E-state index contributed by atoms with van der Waals surface area (Å²) in [6.07, 6.45) is 4.97. The number of furan rings is 1. The quantitative estimate of drug-likeness (QED) is 0.783. The first kappa shape index (κ1) is 16.0. The Morgan fingerprint density at radius 1 is 1.43 bits per heavy atom. The van der Waals surface area contributed by atoms with E-state index in [-0.39, 0.29) is 5.97 Å². The van der Waals surface area contributed by atoms with Crippen molar-refractivity contribution in [1.29, 1.82) is 0 Å². The Morgan fingerprint density at radius 3 is 2.86 bits per heavy atom. The number of ether oxygens (including phenoxy) is 1. The van der Waals surface area contributed by atoms with E-state index in [1.54, 1.807) is 12.3 Å². The van der Waals surface area contributed by atoms with Crippen LogP contribution in [0.5, 0.6) is 0 Å². The Balaban J connectivity index is 2.06. The number of nitrogens with zero attached hydrogens (tertiary/aromatic N) is 1. The normalized spacial score (nSPS) is 16.3. The average molecular weight is 294 g/mol. The predicted molar refractivity (Wildman–Crippen MR) is 81.3 cm³/mol. The van der Waals surface area contributed by atoms with Crippen molar-refractivity contribution in [2.45, 2.75) is 45.7 Å². The number of hydrogen-bond acceptors (Lipinski definition) is 5. The third-order valence-corrected chi connectivity index (χ3v) is 3.92. The molecule has 118 valence electrons. The van der Waals surface area contributed by atoms with Crippen LogP contribution in [0.25, 0.3) is 0 Å². The highest BCUT2D eigenvalue weighted by atomic mass is 16.5. The van der Waals surface area contributed by atoms with Gasteiger partial charge in [-0.3, -0.25) is 4.90 Å². The molecule has 0 saturated carbocycles. The van der Waals surface area contributed by atoms with Crippen molar-refractivity contribution in [1.82, 2.24) is 10.2 Å². The third-order valence-electron chi connectivity index (χ3n) is 3.92. The zero-order valence-electron chi connectivity index (χ0n) is 13.1. The van der Waals surface area contributed by atoms with E-state index in [4.69, 9.17) is 9.15 Å². The highest BCUT2D eigenvalue weighted by molar-refractivity contribution is 5.90. The largest absolute Gasteiger partial charge is 0.467 e. The van der Waals surface area contributed by atoms with E-state index in [1.165, 1.54) is 0 Å². The maximum atomic E-state index is 11.9. The van der Waals surface area contributed by atoms with E-state index >= 15 is 0 Å². The van der Waals surface area contributed by atoms with Crippen molar-refractivity contribution < 1.29 is 13.9 Å². The van der Waals surface area contributed by atoms with Crippen molar-refractivity contribution in [3.8, 4) is 0 Å². The van der Waals surface area contributed by atoms with Crippen molar-refractivity contribution in [3.63, 3.8) is 0 Å². The van der Waals surface area contributed by atoms with Gasteiger partial charge in [0.15, 0.2) is 0 Å². The van der Waals surface area contributed by atoms with Crippen molar-refractivity contribution in [2.75, 3.05) is 26.2 Å². The van der Waals surface area contributed by atoms with Crippen LogP contribution in [0.15, 0.2) is 16.7 Å². The lowest BCUT2D eigenvalue weighted by molar-refractivity contribution is 0.0520. The number of nitrogens with one attached hydrogen (secondary N) is 1. The fourth-order valence-electron chi connectivity index (χ4n) is 2.89. The van der Waals surface area contributed by atoms with Gasteiger partial charge in [-0.25, -0.2) is 4.79 Å². The van der Waals surface area contributed by atoms with Crippen LogP contribution in [-0.4, -0.2) is 43.2 Å². The Morgan fingerprint density at radius 2 is 2.19 bits per heavy atom. The summed E-state index contributed by atoms with van der Waals surface area (Å²) in [4.78, 5) is 14.4. The van der Waals surface area contributed by atoms with Gasteiger partial charge in [-0.15, -0.1) is 0 Å². The molecule has 1 saturated heterocycles. The van der Waals surface area contributed by atoms with E-state index in [1.807, 2.05) is 6.92 Å². The zero-order valence-corrected chi connectivity index (χ0v) is 13.1. The summed E-state index contributed by atoms with van der Waals surface area (Å²) in [6.45, 7) is 8.21. The van der Waals surface area contributed by atoms with Crippen molar-refractivity contribution in [2.24, 2.45) is 0 Å². The maximum Gasteiger partial charge on any atom is 0.341 e. The van der Waals surface area contributed by atoms with Gasteiger partial charge in [0.05, 0.1) is 19.4 Å². The van der Waals surface area contributed by atoms with E-state index in [0.29, 0.717) is 24.8 Å². The molecule has 0 bridgehead atoms. The molecule has 2 rings (SSSR count). The molecule has 0 aromatic carbocycles. The first-order chi connectivity index (χ1) is 10.3. The first-order valence-electron chi connectivity index (χ1n) is 7.94. The Hall–Kier alpha value is -1.33. The van der Waals surface area contributed by atoms with Gasteiger partial charge in [0, 0.05) is 6.04 Å². The first-order valence-corrected chi connectivity index (χ1v) is 7.94. The molecule has 1 aromatic heterocycles. The Labute approximate surface area is 126 Å². The van der Waals surface area contributed by atoms with Gasteiger partial charge in [-0.2, -0.15) is 0 Å². The van der Waals surface area contributed by atoms with Crippen molar-refractivity contribution >= 4 is 5.97 Å².